The predicted octanol–water partition coefficient (Wildman–Crippen LogP) is 12.6. The summed E-state index contributed by atoms with van der Waals surface area (Å²) in [6.45, 7) is 0. The number of thiophene rings is 1. The van der Waals surface area contributed by atoms with E-state index in [0.29, 0.717) is 23.5 Å². The Balaban J connectivity index is 1.03. The smallest absolute Gasteiger partial charge is 0.164 e. The lowest BCUT2D eigenvalue weighted by atomic mass is 9.43. The third-order valence-electron chi connectivity index (χ3n) is 13.3. The summed E-state index contributed by atoms with van der Waals surface area (Å²) in [6.07, 6.45) is 6.91. The minimum Gasteiger partial charge on any atom is -0.208 e. The van der Waals surface area contributed by atoms with Crippen molar-refractivity contribution in [2.75, 3.05) is 0 Å². The Bertz CT molecular complexity index is 2730. The molecule has 2 aromatic heterocycles. The number of hydrogen-bond acceptors (Lipinski definition) is 4. The van der Waals surface area contributed by atoms with Gasteiger partial charge >= 0.3 is 0 Å². The Morgan fingerprint density at radius 1 is 0.434 bits per heavy atom. The first-order valence-electron chi connectivity index (χ1n) is 19.3. The van der Waals surface area contributed by atoms with Crippen molar-refractivity contribution in [3.8, 4) is 56.4 Å². The molecule has 0 atom stereocenters. The zero-order valence-electron chi connectivity index (χ0n) is 29.4. The van der Waals surface area contributed by atoms with Gasteiger partial charge in [-0.3, -0.25) is 0 Å². The molecule has 53 heavy (non-hydrogen) atoms. The second-order valence-electron chi connectivity index (χ2n) is 16.0. The number of fused-ring (bicyclic) bond motifs is 6. The van der Waals surface area contributed by atoms with Gasteiger partial charge in [0.1, 0.15) is 0 Å². The van der Waals surface area contributed by atoms with Crippen LogP contribution in [0.3, 0.4) is 0 Å². The average Bonchev–Trinajstić information content (AvgIpc) is 3.74. The maximum atomic E-state index is 5.32. The molecule has 6 aromatic carbocycles. The molecule has 0 unspecified atom stereocenters. The van der Waals surface area contributed by atoms with Gasteiger partial charge in [-0.05, 0) is 113 Å². The van der Waals surface area contributed by atoms with Crippen molar-refractivity contribution in [1.29, 1.82) is 0 Å². The summed E-state index contributed by atoms with van der Waals surface area (Å²) < 4.78 is 2.62. The van der Waals surface area contributed by atoms with Gasteiger partial charge < -0.3 is 0 Å². The monoisotopic (exact) mass is 699 g/mol. The molecule has 4 bridgehead atoms. The van der Waals surface area contributed by atoms with Crippen LogP contribution in [-0.4, -0.2) is 15.0 Å². The van der Waals surface area contributed by atoms with Gasteiger partial charge in [-0.2, -0.15) is 0 Å². The summed E-state index contributed by atoms with van der Waals surface area (Å²) in [6, 6.07) is 51.0. The van der Waals surface area contributed by atoms with E-state index >= 15 is 0 Å². The van der Waals surface area contributed by atoms with E-state index in [9.17, 15) is 0 Å². The zero-order chi connectivity index (χ0) is 34.7. The van der Waals surface area contributed by atoms with Crippen LogP contribution >= 0.6 is 11.3 Å². The highest BCUT2D eigenvalue weighted by molar-refractivity contribution is 7.25. The standard InChI is InChI=1S/C49H37N3S/c1-2-10-31(11-3-1)46-50-47(33-13-8-12-32(27-33)37-16-9-19-44-45(37)40-15-5-7-18-43(40)53-44)52-48(51-46)34-20-21-39-38-14-4-6-17-41(38)49(42(39)28-34)35-23-29-22-30(25-35)26-36(49)24-29/h1-21,27-30,35-36H,22-26H2. The summed E-state index contributed by atoms with van der Waals surface area (Å²) in [5.41, 5.74) is 11.5. The minimum atomic E-state index is 0.0919. The summed E-state index contributed by atoms with van der Waals surface area (Å²) in [4.78, 5) is 15.7. The normalized spacial score (nSPS) is 23.5. The van der Waals surface area contributed by atoms with Crippen LogP contribution in [0.5, 0.6) is 0 Å². The second kappa shape index (κ2) is 11.3. The topological polar surface area (TPSA) is 38.7 Å². The van der Waals surface area contributed by atoms with Crippen molar-refractivity contribution in [2.24, 2.45) is 23.7 Å². The first-order valence-corrected chi connectivity index (χ1v) is 20.1. The number of rotatable bonds is 4. The zero-order valence-corrected chi connectivity index (χ0v) is 30.2. The van der Waals surface area contributed by atoms with Crippen molar-refractivity contribution in [1.82, 2.24) is 15.0 Å². The quantitative estimate of drug-likeness (QED) is 0.184. The Morgan fingerprint density at radius 3 is 1.83 bits per heavy atom. The Hall–Kier alpha value is -5.45. The van der Waals surface area contributed by atoms with Gasteiger partial charge in [0, 0.05) is 42.3 Å². The Kier molecular flexibility index (Phi) is 6.39. The molecule has 2 heterocycles. The highest BCUT2D eigenvalue weighted by Gasteiger charge is 2.61. The van der Waals surface area contributed by atoms with Crippen LogP contribution in [-0.2, 0) is 5.41 Å². The highest BCUT2D eigenvalue weighted by atomic mass is 32.1. The fraction of sp³-hybridized carbons (Fsp3) is 0.204. The van der Waals surface area contributed by atoms with Crippen LogP contribution in [0, 0.1) is 23.7 Å². The molecular formula is C49H37N3S. The predicted molar refractivity (Wildman–Crippen MR) is 218 cm³/mol. The average molecular weight is 700 g/mol. The van der Waals surface area contributed by atoms with Crippen molar-refractivity contribution < 1.29 is 0 Å². The molecule has 4 fully saturated rings. The fourth-order valence-corrected chi connectivity index (χ4v) is 12.6. The molecule has 254 valence electrons. The summed E-state index contributed by atoms with van der Waals surface area (Å²) >= 11 is 1.86. The van der Waals surface area contributed by atoms with E-state index in [-0.39, 0.29) is 5.41 Å². The molecule has 0 saturated heterocycles. The third kappa shape index (κ3) is 4.36. The van der Waals surface area contributed by atoms with E-state index in [4.69, 9.17) is 15.0 Å². The molecule has 0 radical (unpaired) electrons. The molecule has 0 N–H and O–H groups in total. The van der Waals surface area contributed by atoms with E-state index in [0.717, 1.165) is 34.4 Å². The Labute approximate surface area is 313 Å². The first kappa shape index (κ1) is 30.1. The summed E-state index contributed by atoms with van der Waals surface area (Å²) in [5, 5.41) is 2.61. The second-order valence-corrected chi connectivity index (χ2v) is 17.1. The van der Waals surface area contributed by atoms with E-state index in [1.165, 1.54) is 80.1 Å². The van der Waals surface area contributed by atoms with Crippen LogP contribution in [0.25, 0.3) is 76.6 Å². The third-order valence-corrected chi connectivity index (χ3v) is 14.5. The van der Waals surface area contributed by atoms with Crippen molar-refractivity contribution in [3.05, 3.63) is 151 Å². The largest absolute Gasteiger partial charge is 0.208 e. The van der Waals surface area contributed by atoms with Gasteiger partial charge in [-0.25, -0.2) is 15.0 Å². The fourth-order valence-electron chi connectivity index (χ4n) is 11.5. The van der Waals surface area contributed by atoms with Crippen LogP contribution in [0.2, 0.25) is 0 Å². The summed E-state index contributed by atoms with van der Waals surface area (Å²) in [5.74, 6) is 5.37. The molecule has 4 saturated carbocycles. The maximum absolute atomic E-state index is 5.32. The maximum Gasteiger partial charge on any atom is 0.164 e. The van der Waals surface area contributed by atoms with E-state index in [1.807, 2.05) is 17.4 Å². The molecular weight excluding hydrogens is 663 g/mol. The van der Waals surface area contributed by atoms with Gasteiger partial charge in [0.15, 0.2) is 17.5 Å². The Morgan fingerprint density at radius 2 is 1.02 bits per heavy atom. The highest BCUT2D eigenvalue weighted by Crippen LogP contribution is 2.69. The van der Waals surface area contributed by atoms with Gasteiger partial charge in [0.2, 0.25) is 0 Å². The van der Waals surface area contributed by atoms with E-state index in [1.54, 1.807) is 5.56 Å². The lowest BCUT2D eigenvalue weighted by molar-refractivity contribution is -0.0399. The summed E-state index contributed by atoms with van der Waals surface area (Å²) in [7, 11) is 0. The molecule has 3 nitrogen and oxygen atoms in total. The molecule has 13 rings (SSSR count). The molecule has 0 aliphatic heterocycles. The lowest BCUT2D eigenvalue weighted by Crippen LogP contribution is -2.55. The molecule has 1 spiro atoms. The molecule has 4 heteroatoms. The van der Waals surface area contributed by atoms with Crippen molar-refractivity contribution in [2.45, 2.75) is 37.5 Å². The van der Waals surface area contributed by atoms with Crippen LogP contribution in [0.4, 0.5) is 0 Å². The van der Waals surface area contributed by atoms with Crippen LogP contribution in [0.15, 0.2) is 140 Å². The molecule has 5 aliphatic rings. The molecule has 8 aromatic rings. The molecule has 5 aliphatic carbocycles. The molecule has 0 amide bonds. The van der Waals surface area contributed by atoms with Gasteiger partial charge in [0.25, 0.3) is 0 Å². The number of nitrogens with zero attached hydrogens (tertiary/aromatic N) is 3. The SMILES string of the molecule is c1ccc(-c2nc(-c3cccc(-c4cccc5sc6ccccc6c45)c3)nc(-c3ccc4c(c3)C3(c5ccccc5-4)C4CC5CC(C4)CC3C5)n2)cc1. The number of hydrogen-bond donors (Lipinski definition) is 0. The van der Waals surface area contributed by atoms with E-state index < -0.39 is 0 Å². The van der Waals surface area contributed by atoms with Gasteiger partial charge in [-0.15, -0.1) is 11.3 Å². The van der Waals surface area contributed by atoms with Crippen molar-refractivity contribution >= 4 is 31.5 Å². The number of benzene rings is 6. The van der Waals surface area contributed by atoms with Gasteiger partial charge in [-0.1, -0.05) is 115 Å². The van der Waals surface area contributed by atoms with Crippen LogP contribution in [0.1, 0.15) is 43.2 Å². The minimum absolute atomic E-state index is 0.0919. The number of aromatic nitrogens is 3. The van der Waals surface area contributed by atoms with Crippen LogP contribution < -0.4 is 0 Å². The van der Waals surface area contributed by atoms with Gasteiger partial charge in [0.05, 0.1) is 0 Å². The lowest BCUT2D eigenvalue weighted by Gasteiger charge is -2.61. The van der Waals surface area contributed by atoms with E-state index in [2.05, 4.69) is 133 Å². The first-order chi connectivity index (χ1) is 26.2. The van der Waals surface area contributed by atoms with Crippen molar-refractivity contribution in [3.63, 3.8) is 0 Å².